The van der Waals surface area contributed by atoms with Crippen LogP contribution in [0.1, 0.15) is 25.8 Å². The Bertz CT molecular complexity index is 492. The SMILES string of the molecule is CC(C)NC(=O)CCNCc1cc(Br)c2c(c1)OCO2. The third-order valence-electron chi connectivity index (χ3n) is 2.79. The van der Waals surface area contributed by atoms with Crippen LogP contribution in [0.4, 0.5) is 0 Å². The third kappa shape index (κ3) is 4.11. The normalized spacial score (nSPS) is 12.8. The summed E-state index contributed by atoms with van der Waals surface area (Å²) in [6.45, 7) is 5.50. The maximum Gasteiger partial charge on any atom is 0.231 e. The molecule has 0 atom stereocenters. The highest BCUT2D eigenvalue weighted by molar-refractivity contribution is 9.10. The molecule has 0 saturated carbocycles. The number of nitrogens with one attached hydrogen (secondary N) is 2. The molecule has 20 heavy (non-hydrogen) atoms. The number of carbonyl (C=O) groups is 1. The van der Waals surface area contributed by atoms with E-state index in [1.165, 1.54) is 0 Å². The van der Waals surface area contributed by atoms with E-state index in [1.54, 1.807) is 0 Å². The molecule has 1 aromatic rings. The second kappa shape index (κ2) is 6.95. The van der Waals surface area contributed by atoms with Gasteiger partial charge in [-0.1, -0.05) is 0 Å². The fraction of sp³-hybridized carbons (Fsp3) is 0.500. The average Bonchev–Trinajstić information content (AvgIpc) is 2.82. The first-order valence-electron chi connectivity index (χ1n) is 6.64. The van der Waals surface area contributed by atoms with Crippen LogP contribution in [-0.4, -0.2) is 25.3 Å². The number of hydrogen-bond acceptors (Lipinski definition) is 4. The highest BCUT2D eigenvalue weighted by Gasteiger charge is 2.17. The molecule has 0 saturated heterocycles. The van der Waals surface area contributed by atoms with Crippen LogP contribution in [0.5, 0.6) is 11.5 Å². The summed E-state index contributed by atoms with van der Waals surface area (Å²) in [5.41, 5.74) is 1.09. The molecule has 0 aromatic heterocycles. The minimum atomic E-state index is 0.0689. The van der Waals surface area contributed by atoms with Crippen molar-refractivity contribution in [2.75, 3.05) is 13.3 Å². The Labute approximate surface area is 127 Å². The lowest BCUT2D eigenvalue weighted by Crippen LogP contribution is -2.32. The molecule has 0 unspecified atom stereocenters. The van der Waals surface area contributed by atoms with E-state index in [2.05, 4.69) is 26.6 Å². The van der Waals surface area contributed by atoms with E-state index in [-0.39, 0.29) is 18.7 Å². The van der Waals surface area contributed by atoms with Crippen molar-refractivity contribution in [3.8, 4) is 11.5 Å². The number of ether oxygens (including phenoxy) is 2. The zero-order chi connectivity index (χ0) is 14.5. The second-order valence-corrected chi connectivity index (χ2v) is 5.81. The van der Waals surface area contributed by atoms with Gasteiger partial charge in [0.05, 0.1) is 4.47 Å². The molecular formula is C14H19BrN2O3. The first-order valence-corrected chi connectivity index (χ1v) is 7.43. The van der Waals surface area contributed by atoms with Crippen LogP contribution in [0, 0.1) is 0 Å². The molecule has 110 valence electrons. The van der Waals surface area contributed by atoms with Crippen LogP contribution in [0.15, 0.2) is 16.6 Å². The van der Waals surface area contributed by atoms with Crippen molar-refractivity contribution in [1.82, 2.24) is 10.6 Å². The fourth-order valence-electron chi connectivity index (χ4n) is 1.95. The van der Waals surface area contributed by atoms with Gasteiger partial charge in [0.2, 0.25) is 12.7 Å². The van der Waals surface area contributed by atoms with Gasteiger partial charge in [-0.25, -0.2) is 0 Å². The predicted molar refractivity (Wildman–Crippen MR) is 79.9 cm³/mol. The molecule has 5 nitrogen and oxygen atoms in total. The summed E-state index contributed by atoms with van der Waals surface area (Å²) < 4.78 is 11.6. The van der Waals surface area contributed by atoms with Gasteiger partial charge in [-0.2, -0.15) is 0 Å². The molecule has 0 bridgehead atoms. The molecule has 1 aliphatic rings. The van der Waals surface area contributed by atoms with Crippen molar-refractivity contribution in [2.24, 2.45) is 0 Å². The first kappa shape index (κ1) is 15.1. The van der Waals surface area contributed by atoms with Crippen molar-refractivity contribution >= 4 is 21.8 Å². The molecular weight excluding hydrogens is 324 g/mol. The Morgan fingerprint density at radius 3 is 2.95 bits per heavy atom. The zero-order valence-electron chi connectivity index (χ0n) is 11.7. The van der Waals surface area contributed by atoms with Crippen molar-refractivity contribution in [2.45, 2.75) is 32.9 Å². The third-order valence-corrected chi connectivity index (χ3v) is 3.38. The van der Waals surface area contributed by atoms with E-state index in [0.717, 1.165) is 21.5 Å². The minimum Gasteiger partial charge on any atom is -0.454 e. The number of halogens is 1. The summed E-state index contributed by atoms with van der Waals surface area (Å²) in [4.78, 5) is 11.5. The summed E-state index contributed by atoms with van der Waals surface area (Å²) in [7, 11) is 0. The Morgan fingerprint density at radius 1 is 1.40 bits per heavy atom. The van der Waals surface area contributed by atoms with Crippen LogP contribution in [0.3, 0.4) is 0 Å². The molecule has 1 amide bonds. The Morgan fingerprint density at radius 2 is 2.20 bits per heavy atom. The van der Waals surface area contributed by atoms with Crippen molar-refractivity contribution in [3.05, 3.63) is 22.2 Å². The molecule has 2 rings (SSSR count). The first-order chi connectivity index (χ1) is 9.56. The van der Waals surface area contributed by atoms with E-state index in [9.17, 15) is 4.79 Å². The standard InChI is InChI=1S/C14H19BrN2O3/c1-9(2)17-13(18)3-4-16-7-10-5-11(15)14-12(6-10)19-8-20-14/h5-6,9,16H,3-4,7-8H2,1-2H3,(H,17,18). The van der Waals surface area contributed by atoms with E-state index in [1.807, 2.05) is 26.0 Å². The van der Waals surface area contributed by atoms with E-state index < -0.39 is 0 Å². The van der Waals surface area contributed by atoms with Crippen LogP contribution < -0.4 is 20.1 Å². The van der Waals surface area contributed by atoms with Crippen molar-refractivity contribution in [3.63, 3.8) is 0 Å². The molecule has 0 radical (unpaired) electrons. The number of amides is 1. The smallest absolute Gasteiger partial charge is 0.231 e. The topological polar surface area (TPSA) is 59.6 Å². The van der Waals surface area contributed by atoms with Gasteiger partial charge < -0.3 is 20.1 Å². The maximum atomic E-state index is 11.5. The number of fused-ring (bicyclic) bond motifs is 1. The zero-order valence-corrected chi connectivity index (χ0v) is 13.2. The van der Waals surface area contributed by atoms with Gasteiger partial charge in [-0.3, -0.25) is 4.79 Å². The van der Waals surface area contributed by atoms with E-state index in [4.69, 9.17) is 9.47 Å². The van der Waals surface area contributed by atoms with Gasteiger partial charge in [-0.05, 0) is 47.5 Å². The van der Waals surface area contributed by atoms with E-state index >= 15 is 0 Å². The average molecular weight is 343 g/mol. The van der Waals surface area contributed by atoms with Crippen LogP contribution >= 0.6 is 15.9 Å². The lowest BCUT2D eigenvalue weighted by atomic mass is 10.2. The Hall–Kier alpha value is -1.27. The van der Waals surface area contributed by atoms with Gasteiger partial charge in [0.1, 0.15) is 0 Å². The van der Waals surface area contributed by atoms with Gasteiger partial charge in [0.15, 0.2) is 11.5 Å². The Kier molecular flexibility index (Phi) is 5.25. The fourth-order valence-corrected chi connectivity index (χ4v) is 2.56. The maximum absolute atomic E-state index is 11.5. The summed E-state index contributed by atoms with van der Waals surface area (Å²) in [6.07, 6.45) is 0.476. The van der Waals surface area contributed by atoms with Crippen molar-refractivity contribution < 1.29 is 14.3 Å². The highest BCUT2D eigenvalue weighted by Crippen LogP contribution is 2.39. The van der Waals surface area contributed by atoms with Gasteiger partial charge in [0, 0.05) is 25.6 Å². The van der Waals surface area contributed by atoms with Gasteiger partial charge in [0.25, 0.3) is 0 Å². The van der Waals surface area contributed by atoms with E-state index in [0.29, 0.717) is 19.5 Å². The van der Waals surface area contributed by atoms with Gasteiger partial charge in [-0.15, -0.1) is 0 Å². The van der Waals surface area contributed by atoms with Crippen LogP contribution in [-0.2, 0) is 11.3 Å². The summed E-state index contributed by atoms with van der Waals surface area (Å²) in [5.74, 6) is 1.58. The quantitative estimate of drug-likeness (QED) is 0.778. The number of benzene rings is 1. The highest BCUT2D eigenvalue weighted by atomic mass is 79.9. The summed E-state index contributed by atoms with van der Waals surface area (Å²) >= 11 is 3.46. The monoisotopic (exact) mass is 342 g/mol. The molecule has 0 spiro atoms. The molecule has 2 N–H and O–H groups in total. The lowest BCUT2D eigenvalue weighted by molar-refractivity contribution is -0.121. The number of hydrogen-bond donors (Lipinski definition) is 2. The predicted octanol–water partition coefficient (Wildman–Crippen LogP) is 2.18. The molecule has 1 aromatic carbocycles. The van der Waals surface area contributed by atoms with Crippen molar-refractivity contribution in [1.29, 1.82) is 0 Å². The van der Waals surface area contributed by atoms with Crippen LogP contribution in [0.25, 0.3) is 0 Å². The Balaban J connectivity index is 1.78. The molecule has 6 heteroatoms. The van der Waals surface area contributed by atoms with Crippen LogP contribution in [0.2, 0.25) is 0 Å². The van der Waals surface area contributed by atoms with Gasteiger partial charge >= 0.3 is 0 Å². The molecule has 1 heterocycles. The lowest BCUT2D eigenvalue weighted by Gasteiger charge is -2.09. The molecule has 0 aliphatic carbocycles. The second-order valence-electron chi connectivity index (χ2n) is 4.96. The number of carbonyl (C=O) groups excluding carboxylic acids is 1. The number of rotatable bonds is 6. The molecule has 0 fully saturated rings. The summed E-state index contributed by atoms with van der Waals surface area (Å²) in [5, 5.41) is 6.11. The summed E-state index contributed by atoms with van der Waals surface area (Å²) in [6, 6.07) is 4.13. The minimum absolute atomic E-state index is 0.0689. The largest absolute Gasteiger partial charge is 0.454 e. The molecule has 1 aliphatic heterocycles.